The van der Waals surface area contributed by atoms with Gasteiger partial charge in [0.25, 0.3) is 0 Å². The molecule has 2 rings (SSSR count). The molecule has 0 saturated carbocycles. The fraction of sp³-hybridized carbons (Fsp3) is 0.562. The third kappa shape index (κ3) is 4.09. The molecule has 1 heterocycles. The smallest absolute Gasteiger partial charge is 0.409 e. The summed E-state index contributed by atoms with van der Waals surface area (Å²) in [6.45, 7) is 3.90. The summed E-state index contributed by atoms with van der Waals surface area (Å²) in [6.07, 6.45) is 3.40. The van der Waals surface area contributed by atoms with Gasteiger partial charge in [0.2, 0.25) is 0 Å². The Morgan fingerprint density at radius 2 is 2.14 bits per heavy atom. The van der Waals surface area contributed by atoms with Gasteiger partial charge in [-0.1, -0.05) is 19.4 Å². The molecule has 4 nitrogen and oxygen atoms in total. The molecule has 1 saturated heterocycles. The van der Waals surface area contributed by atoms with Crippen molar-refractivity contribution in [2.45, 2.75) is 38.5 Å². The molecule has 5 heteroatoms. The van der Waals surface area contributed by atoms with Gasteiger partial charge in [0.15, 0.2) is 0 Å². The molecule has 0 aromatic heterocycles. The summed E-state index contributed by atoms with van der Waals surface area (Å²) in [7, 11) is 0. The molecular weight excluding hydrogens is 271 g/mol. The average Bonchev–Trinajstić information content (AvgIpc) is 2.50. The summed E-state index contributed by atoms with van der Waals surface area (Å²) in [5.41, 5.74) is 6.85. The molecule has 2 N–H and O–H groups in total. The molecule has 0 unspecified atom stereocenters. The van der Waals surface area contributed by atoms with Crippen LogP contribution < -0.4 is 5.73 Å². The van der Waals surface area contributed by atoms with Crippen LogP contribution in [0.4, 0.5) is 14.9 Å². The van der Waals surface area contributed by atoms with E-state index in [1.165, 1.54) is 6.07 Å². The van der Waals surface area contributed by atoms with Gasteiger partial charge < -0.3 is 15.4 Å². The van der Waals surface area contributed by atoms with Gasteiger partial charge in [-0.15, -0.1) is 0 Å². The molecule has 1 aromatic rings. The largest absolute Gasteiger partial charge is 0.449 e. The molecule has 1 aromatic carbocycles. The maximum atomic E-state index is 13.2. The second kappa shape index (κ2) is 7.29. The highest BCUT2D eigenvalue weighted by molar-refractivity contribution is 5.67. The van der Waals surface area contributed by atoms with Crippen molar-refractivity contribution in [2.75, 3.05) is 25.4 Å². The number of halogens is 1. The van der Waals surface area contributed by atoms with Gasteiger partial charge >= 0.3 is 6.09 Å². The van der Waals surface area contributed by atoms with Crippen LogP contribution in [0, 0.1) is 5.82 Å². The number of benzene rings is 1. The fourth-order valence-electron chi connectivity index (χ4n) is 2.61. The van der Waals surface area contributed by atoms with Crippen molar-refractivity contribution >= 4 is 11.8 Å². The van der Waals surface area contributed by atoms with Gasteiger partial charge in [0, 0.05) is 13.1 Å². The minimum atomic E-state index is -0.379. The third-order valence-corrected chi connectivity index (χ3v) is 3.97. The number of hydrogen-bond donors (Lipinski definition) is 1. The molecule has 0 spiro atoms. The van der Waals surface area contributed by atoms with E-state index in [2.05, 4.69) is 6.92 Å². The van der Waals surface area contributed by atoms with Crippen molar-refractivity contribution in [1.82, 2.24) is 4.90 Å². The Bertz CT molecular complexity index is 485. The minimum absolute atomic E-state index is 0.189. The highest BCUT2D eigenvalue weighted by Gasteiger charge is 2.24. The van der Waals surface area contributed by atoms with Crippen LogP contribution in [-0.4, -0.2) is 30.7 Å². The van der Waals surface area contributed by atoms with E-state index in [-0.39, 0.29) is 17.6 Å². The molecule has 0 radical (unpaired) electrons. The molecule has 21 heavy (non-hydrogen) atoms. The number of amides is 1. The van der Waals surface area contributed by atoms with Crippen molar-refractivity contribution in [3.8, 4) is 0 Å². The number of unbranched alkanes of at least 4 members (excludes halogenated alkanes) is 1. The van der Waals surface area contributed by atoms with Crippen molar-refractivity contribution < 1.29 is 13.9 Å². The number of likely N-dealkylation sites (tertiary alicyclic amines) is 1. The summed E-state index contributed by atoms with van der Waals surface area (Å²) in [5.74, 6) is -0.0525. The van der Waals surface area contributed by atoms with Crippen LogP contribution in [0.5, 0.6) is 0 Å². The number of rotatable bonds is 4. The fourth-order valence-corrected chi connectivity index (χ4v) is 2.61. The highest BCUT2D eigenvalue weighted by Crippen LogP contribution is 2.30. The first kappa shape index (κ1) is 15.6. The third-order valence-electron chi connectivity index (χ3n) is 3.97. The highest BCUT2D eigenvalue weighted by atomic mass is 19.1. The predicted molar refractivity (Wildman–Crippen MR) is 80.6 cm³/mol. The molecule has 1 fully saturated rings. The summed E-state index contributed by atoms with van der Waals surface area (Å²) in [4.78, 5) is 13.6. The zero-order chi connectivity index (χ0) is 15.2. The maximum Gasteiger partial charge on any atom is 0.409 e. The van der Waals surface area contributed by atoms with E-state index in [0.717, 1.165) is 31.2 Å². The SMILES string of the molecule is CCCCOC(=O)N1CCC(c2ccc(F)c(N)c2)CC1. The lowest BCUT2D eigenvalue weighted by Gasteiger charge is -2.31. The summed E-state index contributed by atoms with van der Waals surface area (Å²) >= 11 is 0. The minimum Gasteiger partial charge on any atom is -0.449 e. The Morgan fingerprint density at radius 3 is 2.76 bits per heavy atom. The Kier molecular flexibility index (Phi) is 5.42. The summed E-state index contributed by atoms with van der Waals surface area (Å²) in [5, 5.41) is 0. The lowest BCUT2D eigenvalue weighted by atomic mass is 9.89. The molecule has 0 aliphatic carbocycles. The molecule has 1 aliphatic heterocycles. The van der Waals surface area contributed by atoms with E-state index in [1.807, 2.05) is 0 Å². The number of nitrogens with zero attached hydrogens (tertiary/aromatic N) is 1. The topological polar surface area (TPSA) is 55.6 Å². The molecular formula is C16H23FN2O2. The first-order valence-electron chi connectivity index (χ1n) is 7.58. The van der Waals surface area contributed by atoms with E-state index < -0.39 is 0 Å². The number of hydrogen-bond acceptors (Lipinski definition) is 3. The van der Waals surface area contributed by atoms with Crippen LogP contribution in [0.25, 0.3) is 0 Å². The van der Waals surface area contributed by atoms with Crippen LogP contribution in [0.15, 0.2) is 18.2 Å². The zero-order valence-corrected chi connectivity index (χ0v) is 12.5. The number of nitrogens with two attached hydrogens (primary N) is 1. The quantitative estimate of drug-likeness (QED) is 0.683. The summed E-state index contributed by atoms with van der Waals surface area (Å²) in [6, 6.07) is 4.90. The number of carbonyl (C=O) groups is 1. The van der Waals surface area contributed by atoms with Crippen LogP contribution in [0.2, 0.25) is 0 Å². The molecule has 1 aliphatic rings. The number of ether oxygens (including phenoxy) is 1. The maximum absolute atomic E-state index is 13.2. The Balaban J connectivity index is 1.85. The number of piperidine rings is 1. The van der Waals surface area contributed by atoms with Crippen molar-refractivity contribution in [1.29, 1.82) is 0 Å². The summed E-state index contributed by atoms with van der Waals surface area (Å²) < 4.78 is 18.4. The molecule has 116 valence electrons. The average molecular weight is 294 g/mol. The van der Waals surface area contributed by atoms with Gasteiger partial charge in [-0.25, -0.2) is 9.18 Å². The van der Waals surface area contributed by atoms with E-state index in [0.29, 0.717) is 25.6 Å². The van der Waals surface area contributed by atoms with Gasteiger partial charge in [-0.05, 0) is 42.9 Å². The number of nitrogen functional groups attached to an aromatic ring is 1. The Hall–Kier alpha value is -1.78. The molecule has 0 bridgehead atoms. The van der Waals surface area contributed by atoms with Crippen LogP contribution in [-0.2, 0) is 4.74 Å². The van der Waals surface area contributed by atoms with Gasteiger partial charge in [0.1, 0.15) is 5.82 Å². The number of anilines is 1. The van der Waals surface area contributed by atoms with Gasteiger partial charge in [0.05, 0.1) is 12.3 Å². The second-order valence-corrected chi connectivity index (χ2v) is 5.51. The first-order valence-corrected chi connectivity index (χ1v) is 7.58. The van der Waals surface area contributed by atoms with Gasteiger partial charge in [-0.3, -0.25) is 0 Å². The van der Waals surface area contributed by atoms with Crippen LogP contribution in [0.1, 0.15) is 44.1 Å². The van der Waals surface area contributed by atoms with Crippen LogP contribution >= 0.6 is 0 Å². The second-order valence-electron chi connectivity index (χ2n) is 5.51. The number of carbonyl (C=O) groups excluding carboxylic acids is 1. The Morgan fingerprint density at radius 1 is 1.43 bits per heavy atom. The van der Waals surface area contributed by atoms with E-state index in [4.69, 9.17) is 10.5 Å². The lowest BCUT2D eigenvalue weighted by Crippen LogP contribution is -2.38. The zero-order valence-electron chi connectivity index (χ0n) is 12.5. The van der Waals surface area contributed by atoms with Crippen molar-refractivity contribution in [2.24, 2.45) is 0 Å². The van der Waals surface area contributed by atoms with Crippen molar-refractivity contribution in [3.05, 3.63) is 29.6 Å². The Labute approximate surface area is 125 Å². The monoisotopic (exact) mass is 294 g/mol. The molecule has 0 atom stereocenters. The predicted octanol–water partition coefficient (Wildman–Crippen LogP) is 3.52. The van der Waals surface area contributed by atoms with E-state index in [1.54, 1.807) is 17.0 Å². The van der Waals surface area contributed by atoms with E-state index in [9.17, 15) is 9.18 Å². The lowest BCUT2D eigenvalue weighted by molar-refractivity contribution is 0.0916. The van der Waals surface area contributed by atoms with Crippen molar-refractivity contribution in [3.63, 3.8) is 0 Å². The van der Waals surface area contributed by atoms with E-state index >= 15 is 0 Å². The first-order chi connectivity index (χ1) is 10.1. The van der Waals surface area contributed by atoms with Crippen LogP contribution in [0.3, 0.4) is 0 Å². The van der Waals surface area contributed by atoms with Gasteiger partial charge in [-0.2, -0.15) is 0 Å². The molecule has 1 amide bonds. The standard InChI is InChI=1S/C16H23FN2O2/c1-2-3-10-21-16(20)19-8-6-12(7-9-19)13-4-5-14(17)15(18)11-13/h4-5,11-12H,2-3,6-10,18H2,1H3. The normalized spacial score (nSPS) is 16.0.